The van der Waals surface area contributed by atoms with Crippen molar-refractivity contribution in [1.29, 1.82) is 0 Å². The highest BCUT2D eigenvalue weighted by Gasteiger charge is 2.33. The fourth-order valence-corrected chi connectivity index (χ4v) is 2.92. The van der Waals surface area contributed by atoms with Crippen LogP contribution in [-0.4, -0.2) is 29.5 Å². The normalized spacial score (nSPS) is 30.7. The van der Waals surface area contributed by atoms with Crippen molar-refractivity contribution in [2.24, 2.45) is 4.99 Å². The highest BCUT2D eigenvalue weighted by molar-refractivity contribution is 5.85. The number of hydrogen-bond donors (Lipinski definition) is 1. The highest BCUT2D eigenvalue weighted by atomic mass is 19.1. The van der Waals surface area contributed by atoms with Gasteiger partial charge < -0.3 is 10.2 Å². The Balaban J connectivity index is 2.21. The van der Waals surface area contributed by atoms with Gasteiger partial charge in [0.1, 0.15) is 17.3 Å². The van der Waals surface area contributed by atoms with Crippen LogP contribution in [0.3, 0.4) is 0 Å². The second-order valence-corrected chi connectivity index (χ2v) is 6.00. The number of aliphatic imine (C=N–C) groups is 1. The summed E-state index contributed by atoms with van der Waals surface area (Å²) < 4.78 is 13.9. The number of rotatable bonds is 3. The van der Waals surface area contributed by atoms with Gasteiger partial charge in [0.25, 0.3) is 0 Å². The van der Waals surface area contributed by atoms with E-state index < -0.39 is 5.67 Å². The van der Waals surface area contributed by atoms with E-state index in [4.69, 9.17) is 0 Å². The molecule has 20 heavy (non-hydrogen) atoms. The summed E-state index contributed by atoms with van der Waals surface area (Å²) in [5.41, 5.74) is 0.733. The van der Waals surface area contributed by atoms with E-state index in [2.05, 4.69) is 28.4 Å². The number of nitrogens with one attached hydrogen (secondary N) is 1. The molecule has 0 unspecified atom stereocenters. The van der Waals surface area contributed by atoms with Gasteiger partial charge in [-0.25, -0.2) is 9.38 Å². The van der Waals surface area contributed by atoms with Crippen molar-refractivity contribution in [3.63, 3.8) is 0 Å². The number of amidine groups is 1. The van der Waals surface area contributed by atoms with Crippen molar-refractivity contribution in [2.75, 3.05) is 7.05 Å². The molecule has 1 saturated carbocycles. The summed E-state index contributed by atoms with van der Waals surface area (Å²) in [4.78, 5) is 6.74. The molecule has 3 nitrogen and oxygen atoms in total. The Bertz CT molecular complexity index is 478. The topological polar surface area (TPSA) is 27.6 Å². The van der Waals surface area contributed by atoms with E-state index in [-0.39, 0.29) is 0 Å². The Hall–Kier alpha value is -1.58. The fourth-order valence-electron chi connectivity index (χ4n) is 2.92. The molecule has 110 valence electrons. The van der Waals surface area contributed by atoms with Crippen molar-refractivity contribution in [1.82, 2.24) is 10.2 Å². The minimum Gasteiger partial charge on any atom is -0.356 e. The summed E-state index contributed by atoms with van der Waals surface area (Å²) in [5.74, 6) is 1.71. The van der Waals surface area contributed by atoms with Gasteiger partial charge in [0, 0.05) is 24.4 Å². The SMILES string of the molecule is C=CC1=C(N(C)C2CCC(C)(F)CC2)N=C(C)NC1=C. The lowest BCUT2D eigenvalue weighted by Gasteiger charge is -2.39. The fraction of sp³-hybridized carbons (Fsp3) is 0.562. The molecule has 0 atom stereocenters. The molecular formula is C16H24FN3. The maximum atomic E-state index is 13.9. The Morgan fingerprint density at radius 2 is 2.05 bits per heavy atom. The zero-order chi connectivity index (χ0) is 14.9. The van der Waals surface area contributed by atoms with Crippen LogP contribution in [0.15, 0.2) is 41.3 Å². The number of halogens is 1. The lowest BCUT2D eigenvalue weighted by atomic mass is 9.84. The maximum absolute atomic E-state index is 13.9. The first-order chi connectivity index (χ1) is 9.34. The van der Waals surface area contributed by atoms with Gasteiger partial charge in [-0.1, -0.05) is 19.2 Å². The molecule has 0 aromatic rings. The molecule has 1 N–H and O–H groups in total. The lowest BCUT2D eigenvalue weighted by molar-refractivity contribution is 0.0869. The number of nitrogens with zero attached hydrogens (tertiary/aromatic N) is 2. The standard InChI is InChI=1S/C16H24FN3/c1-6-14-11(2)18-12(3)19-15(14)20(5)13-7-9-16(4,17)10-8-13/h6,13H,1-2,7-10H2,3-5H3,(H,18,19). The maximum Gasteiger partial charge on any atom is 0.139 e. The summed E-state index contributed by atoms with van der Waals surface area (Å²) in [6, 6.07) is 0.325. The van der Waals surface area contributed by atoms with E-state index in [1.165, 1.54) is 0 Å². The molecule has 0 aromatic heterocycles. The molecule has 0 amide bonds. The molecule has 0 spiro atoms. The number of alkyl halides is 1. The Morgan fingerprint density at radius 1 is 1.45 bits per heavy atom. The third-order valence-corrected chi connectivity index (χ3v) is 4.26. The molecule has 0 radical (unpaired) electrons. The number of allylic oxidation sites excluding steroid dienone is 1. The van der Waals surface area contributed by atoms with Crippen molar-refractivity contribution in [2.45, 2.75) is 51.2 Å². The van der Waals surface area contributed by atoms with Crippen molar-refractivity contribution < 1.29 is 4.39 Å². The van der Waals surface area contributed by atoms with E-state index in [0.29, 0.717) is 18.9 Å². The molecular weight excluding hydrogens is 253 g/mol. The van der Waals surface area contributed by atoms with Crippen LogP contribution >= 0.6 is 0 Å². The van der Waals surface area contributed by atoms with Crippen LogP contribution in [0.1, 0.15) is 39.5 Å². The zero-order valence-corrected chi connectivity index (χ0v) is 12.7. The molecule has 2 rings (SSSR count). The molecule has 1 fully saturated rings. The third kappa shape index (κ3) is 2.94. The number of hydrogen-bond acceptors (Lipinski definition) is 3. The predicted octanol–water partition coefficient (Wildman–Crippen LogP) is 3.52. The summed E-state index contributed by atoms with van der Waals surface area (Å²) >= 11 is 0. The van der Waals surface area contributed by atoms with E-state index in [0.717, 1.165) is 35.8 Å². The lowest BCUT2D eigenvalue weighted by Crippen LogP contribution is -2.40. The minimum absolute atomic E-state index is 0.325. The van der Waals surface area contributed by atoms with Gasteiger partial charge in [0.2, 0.25) is 0 Å². The largest absolute Gasteiger partial charge is 0.356 e. The average Bonchev–Trinajstić information content (AvgIpc) is 2.37. The minimum atomic E-state index is -1.01. The second-order valence-electron chi connectivity index (χ2n) is 6.00. The van der Waals surface area contributed by atoms with Crippen LogP contribution in [-0.2, 0) is 0 Å². The van der Waals surface area contributed by atoms with Crippen LogP contribution in [0, 0.1) is 0 Å². The predicted molar refractivity (Wildman–Crippen MR) is 82.1 cm³/mol. The Labute approximate surface area is 121 Å². The van der Waals surface area contributed by atoms with Crippen LogP contribution in [0.2, 0.25) is 0 Å². The summed E-state index contributed by atoms with van der Waals surface area (Å²) in [5, 5.41) is 3.12. The van der Waals surface area contributed by atoms with E-state index in [1.807, 2.05) is 14.0 Å². The van der Waals surface area contributed by atoms with Gasteiger partial charge in [0.15, 0.2) is 0 Å². The Kier molecular flexibility index (Phi) is 4.02. The van der Waals surface area contributed by atoms with E-state index in [9.17, 15) is 4.39 Å². The van der Waals surface area contributed by atoms with Gasteiger partial charge in [0.05, 0.1) is 0 Å². The van der Waals surface area contributed by atoms with Gasteiger partial charge in [-0.05, 0) is 39.5 Å². The van der Waals surface area contributed by atoms with Crippen LogP contribution in [0.4, 0.5) is 4.39 Å². The Morgan fingerprint density at radius 3 is 2.60 bits per heavy atom. The first kappa shape index (κ1) is 14.8. The molecule has 1 aliphatic heterocycles. The molecule has 0 aromatic carbocycles. The molecule has 1 heterocycles. The van der Waals surface area contributed by atoms with E-state index >= 15 is 0 Å². The molecule has 2 aliphatic rings. The van der Waals surface area contributed by atoms with Crippen molar-refractivity contribution in [3.8, 4) is 0 Å². The third-order valence-electron chi connectivity index (χ3n) is 4.26. The monoisotopic (exact) mass is 277 g/mol. The summed E-state index contributed by atoms with van der Waals surface area (Å²) in [6.45, 7) is 11.5. The highest BCUT2D eigenvalue weighted by Crippen LogP contribution is 2.35. The zero-order valence-electron chi connectivity index (χ0n) is 12.7. The first-order valence-electron chi connectivity index (χ1n) is 7.14. The van der Waals surface area contributed by atoms with Gasteiger partial charge in [-0.2, -0.15) is 0 Å². The average molecular weight is 277 g/mol. The van der Waals surface area contributed by atoms with E-state index in [1.54, 1.807) is 13.0 Å². The van der Waals surface area contributed by atoms with Crippen LogP contribution < -0.4 is 5.32 Å². The second kappa shape index (κ2) is 5.43. The summed E-state index contributed by atoms with van der Waals surface area (Å²) in [6.07, 6.45) is 4.71. The quantitative estimate of drug-likeness (QED) is 0.854. The van der Waals surface area contributed by atoms with Crippen molar-refractivity contribution >= 4 is 5.84 Å². The molecule has 1 aliphatic carbocycles. The molecule has 0 bridgehead atoms. The van der Waals surface area contributed by atoms with Gasteiger partial charge in [-0.15, -0.1) is 0 Å². The summed E-state index contributed by atoms with van der Waals surface area (Å²) in [7, 11) is 2.03. The van der Waals surface area contributed by atoms with Gasteiger partial charge >= 0.3 is 0 Å². The molecule has 0 saturated heterocycles. The first-order valence-corrected chi connectivity index (χ1v) is 7.14. The van der Waals surface area contributed by atoms with Gasteiger partial charge in [-0.3, -0.25) is 0 Å². The molecule has 4 heteroatoms. The van der Waals surface area contributed by atoms with Crippen LogP contribution in [0.5, 0.6) is 0 Å². The van der Waals surface area contributed by atoms with Crippen LogP contribution in [0.25, 0.3) is 0 Å². The smallest absolute Gasteiger partial charge is 0.139 e. The van der Waals surface area contributed by atoms with Crippen molar-refractivity contribution in [3.05, 3.63) is 36.3 Å².